The number of methoxy groups -OCH3 is 1. The summed E-state index contributed by atoms with van der Waals surface area (Å²) in [5.41, 5.74) is 2.01. The molecule has 1 aliphatic rings. The molecule has 1 saturated carbocycles. The average molecular weight is 473 g/mol. The van der Waals surface area contributed by atoms with Crippen LogP contribution < -0.4 is 0 Å². The van der Waals surface area contributed by atoms with Crippen LogP contribution in [-0.4, -0.2) is 13.7 Å². The second kappa shape index (κ2) is 11.4. The van der Waals surface area contributed by atoms with E-state index >= 15 is 4.39 Å². The molecule has 182 valence electrons. The Bertz CT molecular complexity index is 1100. The Labute approximate surface area is 199 Å². The molecule has 0 spiro atoms. The van der Waals surface area contributed by atoms with Crippen LogP contribution in [0.5, 0.6) is 0 Å². The summed E-state index contributed by atoms with van der Waals surface area (Å²) in [5.74, 6) is -2.67. The second-order valence-electron chi connectivity index (χ2n) is 9.67. The molecule has 0 aliphatic heterocycles. The third kappa shape index (κ3) is 5.99. The number of fused-ring (bicyclic) bond motifs is 1. The quantitative estimate of drug-likeness (QED) is 0.227. The summed E-state index contributed by atoms with van der Waals surface area (Å²) in [6.07, 6.45) is 8.96. The van der Waals surface area contributed by atoms with E-state index in [1.807, 2.05) is 18.2 Å². The van der Waals surface area contributed by atoms with Crippen molar-refractivity contribution >= 4 is 10.8 Å². The third-order valence-electron chi connectivity index (χ3n) is 7.36. The number of ether oxygens (including phenoxy) is 1. The topological polar surface area (TPSA) is 9.23 Å². The molecule has 3 aromatic carbocycles. The lowest BCUT2D eigenvalue weighted by molar-refractivity contribution is 0.155. The molecule has 3 aromatic rings. The maximum Gasteiger partial charge on any atom is 0.194 e. The van der Waals surface area contributed by atoms with Gasteiger partial charge in [0.25, 0.3) is 0 Å². The zero-order valence-electron chi connectivity index (χ0n) is 19.7. The lowest BCUT2D eigenvalue weighted by Gasteiger charge is -2.28. The van der Waals surface area contributed by atoms with Gasteiger partial charge in [0.05, 0.1) is 0 Å². The summed E-state index contributed by atoms with van der Waals surface area (Å²) >= 11 is 0. The first kappa shape index (κ1) is 24.7. The minimum atomic E-state index is -1.48. The first-order valence-electron chi connectivity index (χ1n) is 12.3. The van der Waals surface area contributed by atoms with Crippen molar-refractivity contribution in [2.75, 3.05) is 13.7 Å². The first-order chi connectivity index (χ1) is 16.4. The van der Waals surface area contributed by atoms with E-state index < -0.39 is 17.5 Å². The van der Waals surface area contributed by atoms with Crippen LogP contribution in [0.4, 0.5) is 17.6 Å². The van der Waals surface area contributed by atoms with Crippen molar-refractivity contribution in [3.63, 3.8) is 0 Å². The molecular weight excluding hydrogens is 440 g/mol. The highest BCUT2D eigenvalue weighted by Crippen LogP contribution is 2.33. The van der Waals surface area contributed by atoms with Crippen LogP contribution in [0, 0.1) is 35.1 Å². The van der Waals surface area contributed by atoms with Gasteiger partial charge in [-0.25, -0.2) is 17.6 Å². The van der Waals surface area contributed by atoms with Crippen LogP contribution in [0.25, 0.3) is 10.8 Å². The summed E-state index contributed by atoms with van der Waals surface area (Å²) in [7, 11) is 1.76. The zero-order chi connectivity index (χ0) is 24.1. The minimum Gasteiger partial charge on any atom is -0.385 e. The van der Waals surface area contributed by atoms with Crippen molar-refractivity contribution in [1.29, 1.82) is 0 Å². The summed E-state index contributed by atoms with van der Waals surface area (Å²) in [6, 6.07) is 11.5. The van der Waals surface area contributed by atoms with Gasteiger partial charge in [0.15, 0.2) is 17.5 Å². The van der Waals surface area contributed by atoms with Crippen LogP contribution in [0.2, 0.25) is 0 Å². The lowest BCUT2D eigenvalue weighted by Crippen LogP contribution is -2.16. The lowest BCUT2D eigenvalue weighted by atomic mass is 9.78. The molecule has 0 radical (unpaired) electrons. The molecule has 0 bridgehead atoms. The van der Waals surface area contributed by atoms with Crippen molar-refractivity contribution in [3.8, 4) is 0 Å². The largest absolute Gasteiger partial charge is 0.385 e. The maximum atomic E-state index is 15.1. The van der Waals surface area contributed by atoms with Gasteiger partial charge in [-0.3, -0.25) is 0 Å². The Morgan fingerprint density at radius 3 is 2.06 bits per heavy atom. The van der Waals surface area contributed by atoms with Crippen molar-refractivity contribution in [3.05, 3.63) is 82.4 Å². The molecule has 0 N–H and O–H groups in total. The van der Waals surface area contributed by atoms with Gasteiger partial charge in [0.2, 0.25) is 0 Å². The highest BCUT2D eigenvalue weighted by molar-refractivity contribution is 5.84. The van der Waals surface area contributed by atoms with Gasteiger partial charge in [-0.1, -0.05) is 56.0 Å². The molecule has 0 saturated heterocycles. The van der Waals surface area contributed by atoms with E-state index in [1.54, 1.807) is 13.2 Å². The fourth-order valence-corrected chi connectivity index (χ4v) is 5.23. The molecule has 34 heavy (non-hydrogen) atoms. The fourth-order valence-electron chi connectivity index (χ4n) is 5.23. The van der Waals surface area contributed by atoms with E-state index in [4.69, 9.17) is 4.74 Å². The number of hydrogen-bond donors (Lipinski definition) is 0. The summed E-state index contributed by atoms with van der Waals surface area (Å²) in [5, 5.41) is 1.41. The molecule has 1 fully saturated rings. The molecule has 0 amide bonds. The van der Waals surface area contributed by atoms with Gasteiger partial charge in [-0.15, -0.1) is 0 Å². The molecule has 1 nitrogen and oxygen atoms in total. The number of aryl methyl sites for hydroxylation is 3. The van der Waals surface area contributed by atoms with Crippen molar-refractivity contribution in [2.45, 2.75) is 57.8 Å². The Morgan fingerprint density at radius 1 is 0.706 bits per heavy atom. The predicted molar refractivity (Wildman–Crippen MR) is 128 cm³/mol. The monoisotopic (exact) mass is 472 g/mol. The highest BCUT2D eigenvalue weighted by Gasteiger charge is 2.21. The highest BCUT2D eigenvalue weighted by atomic mass is 19.2. The molecule has 0 aromatic heterocycles. The zero-order valence-corrected chi connectivity index (χ0v) is 19.7. The van der Waals surface area contributed by atoms with Gasteiger partial charge < -0.3 is 4.74 Å². The van der Waals surface area contributed by atoms with E-state index in [2.05, 4.69) is 6.07 Å². The van der Waals surface area contributed by atoms with Crippen LogP contribution >= 0.6 is 0 Å². The van der Waals surface area contributed by atoms with E-state index in [1.165, 1.54) is 37.7 Å². The molecule has 0 unspecified atom stereocenters. The van der Waals surface area contributed by atoms with Crippen molar-refractivity contribution < 1.29 is 22.3 Å². The summed E-state index contributed by atoms with van der Waals surface area (Å²) < 4.78 is 60.3. The summed E-state index contributed by atoms with van der Waals surface area (Å²) in [4.78, 5) is 0. The number of rotatable bonds is 9. The van der Waals surface area contributed by atoms with E-state index in [0.717, 1.165) is 48.8 Å². The Hall–Kier alpha value is -2.40. The molecular formula is C29H32F4O. The molecule has 0 atom stereocenters. The van der Waals surface area contributed by atoms with Crippen LogP contribution in [0.1, 0.15) is 55.2 Å². The number of hydrogen-bond acceptors (Lipinski definition) is 1. The van der Waals surface area contributed by atoms with E-state index in [-0.39, 0.29) is 18.7 Å². The van der Waals surface area contributed by atoms with Gasteiger partial charge in [-0.2, -0.15) is 0 Å². The standard InChI is InChI=1S/C29H32F4O/c1-34-15-14-20-4-2-19(3-5-20)6-7-21-9-13-25-24(16-21)12-11-23(28(25)32)10-8-22-17-26(30)29(33)27(31)18-22/h9,11-13,16-20H,2-8,10,14-15H2,1H3. The molecule has 4 rings (SSSR count). The van der Waals surface area contributed by atoms with E-state index in [0.29, 0.717) is 16.5 Å². The van der Waals surface area contributed by atoms with Gasteiger partial charge >= 0.3 is 0 Å². The SMILES string of the molecule is COCCC1CCC(CCc2ccc3c(F)c(CCc4cc(F)c(F)c(F)c4)ccc3c2)CC1. The maximum absolute atomic E-state index is 15.1. The molecule has 5 heteroatoms. The summed E-state index contributed by atoms with van der Waals surface area (Å²) in [6.45, 7) is 0.855. The van der Waals surface area contributed by atoms with E-state index in [9.17, 15) is 13.2 Å². The van der Waals surface area contributed by atoms with Crippen LogP contribution in [-0.2, 0) is 24.0 Å². The van der Waals surface area contributed by atoms with Crippen molar-refractivity contribution in [2.24, 2.45) is 11.8 Å². The normalized spacial score (nSPS) is 18.5. The van der Waals surface area contributed by atoms with Gasteiger partial charge in [-0.05, 0) is 78.1 Å². The first-order valence-corrected chi connectivity index (χ1v) is 12.3. The molecule has 1 aliphatic carbocycles. The average Bonchev–Trinajstić information content (AvgIpc) is 2.85. The van der Waals surface area contributed by atoms with Gasteiger partial charge in [0.1, 0.15) is 5.82 Å². The van der Waals surface area contributed by atoms with Crippen LogP contribution in [0.3, 0.4) is 0 Å². The third-order valence-corrected chi connectivity index (χ3v) is 7.36. The smallest absolute Gasteiger partial charge is 0.194 e. The number of halogens is 4. The van der Waals surface area contributed by atoms with Crippen molar-refractivity contribution in [1.82, 2.24) is 0 Å². The van der Waals surface area contributed by atoms with Gasteiger partial charge in [0, 0.05) is 19.1 Å². The fraction of sp³-hybridized carbons (Fsp3) is 0.448. The minimum absolute atomic E-state index is 0.225. The Balaban J connectivity index is 1.35. The van der Waals surface area contributed by atoms with Crippen LogP contribution in [0.15, 0.2) is 42.5 Å². The molecule has 0 heterocycles. The number of benzene rings is 3. The predicted octanol–water partition coefficient (Wildman–Crippen LogP) is 7.96. The Morgan fingerprint density at radius 2 is 1.38 bits per heavy atom. The Kier molecular flexibility index (Phi) is 8.25. The second-order valence-corrected chi connectivity index (χ2v) is 9.67.